The van der Waals surface area contributed by atoms with Crippen LogP contribution in [0.4, 0.5) is 0 Å². The van der Waals surface area contributed by atoms with E-state index in [-0.39, 0.29) is 11.1 Å². The molecule has 0 aliphatic carbocycles. The minimum atomic E-state index is -1.57. The zero-order chi connectivity index (χ0) is 21.7. The number of esters is 3. The van der Waals surface area contributed by atoms with E-state index in [1.165, 1.54) is 0 Å². The minimum absolute atomic E-state index is 0.251. The van der Waals surface area contributed by atoms with Crippen molar-refractivity contribution in [2.75, 3.05) is 0 Å². The van der Waals surface area contributed by atoms with Crippen LogP contribution in [0.15, 0.2) is 60.7 Å². The minimum Gasteiger partial charge on any atom is -0.453 e. The lowest BCUT2D eigenvalue weighted by molar-refractivity contribution is -0.281. The Hall–Kier alpha value is -3.23. The van der Waals surface area contributed by atoms with E-state index in [9.17, 15) is 19.5 Å². The van der Waals surface area contributed by atoms with Gasteiger partial charge in [-0.25, -0.2) is 9.59 Å². The van der Waals surface area contributed by atoms with Gasteiger partial charge in [-0.3, -0.25) is 4.79 Å². The second-order valence-corrected chi connectivity index (χ2v) is 6.78. The zero-order valence-electron chi connectivity index (χ0n) is 16.5. The SMILES string of the molecule is CC(=O)O[C@@H]1C(O)O[C@@H](C)[C@H](OC(=O)c2ccccc2)[C@H]1OC(=O)c1ccccc1. The maximum atomic E-state index is 12.6. The molecule has 0 spiro atoms. The van der Waals surface area contributed by atoms with Crippen molar-refractivity contribution in [2.24, 2.45) is 0 Å². The molecule has 5 atom stereocenters. The Morgan fingerprint density at radius 2 is 1.23 bits per heavy atom. The molecule has 0 bridgehead atoms. The van der Waals surface area contributed by atoms with Crippen LogP contribution in [-0.2, 0) is 23.7 Å². The van der Waals surface area contributed by atoms with Gasteiger partial charge in [0.25, 0.3) is 0 Å². The fourth-order valence-corrected chi connectivity index (χ4v) is 3.14. The van der Waals surface area contributed by atoms with Gasteiger partial charge in [0.2, 0.25) is 0 Å². The number of hydrogen-bond acceptors (Lipinski definition) is 8. The molecule has 1 fully saturated rings. The fraction of sp³-hybridized carbons (Fsp3) is 0.318. The lowest BCUT2D eigenvalue weighted by Crippen LogP contribution is -2.60. The molecule has 3 rings (SSSR count). The van der Waals surface area contributed by atoms with Gasteiger partial charge in [0.05, 0.1) is 17.2 Å². The number of aliphatic hydroxyl groups excluding tert-OH is 1. The maximum Gasteiger partial charge on any atom is 0.338 e. The molecule has 8 nitrogen and oxygen atoms in total. The monoisotopic (exact) mass is 414 g/mol. The second-order valence-electron chi connectivity index (χ2n) is 6.78. The summed E-state index contributed by atoms with van der Waals surface area (Å²) in [4.78, 5) is 36.8. The molecule has 1 saturated heterocycles. The molecule has 8 heteroatoms. The summed E-state index contributed by atoms with van der Waals surface area (Å²) in [7, 11) is 0. The molecule has 30 heavy (non-hydrogen) atoms. The van der Waals surface area contributed by atoms with Crippen molar-refractivity contribution in [3.05, 3.63) is 71.8 Å². The van der Waals surface area contributed by atoms with E-state index >= 15 is 0 Å². The highest BCUT2D eigenvalue weighted by atomic mass is 16.7. The van der Waals surface area contributed by atoms with Crippen LogP contribution in [0.5, 0.6) is 0 Å². The number of carbonyl (C=O) groups excluding carboxylic acids is 3. The smallest absolute Gasteiger partial charge is 0.338 e. The highest BCUT2D eigenvalue weighted by Gasteiger charge is 2.50. The first-order valence-electron chi connectivity index (χ1n) is 9.39. The number of benzene rings is 2. The molecule has 1 aliphatic heterocycles. The Balaban J connectivity index is 1.88. The first kappa shape index (κ1) is 21.5. The van der Waals surface area contributed by atoms with Crippen LogP contribution in [0.1, 0.15) is 34.6 Å². The molecule has 0 radical (unpaired) electrons. The molecule has 2 aromatic carbocycles. The summed E-state index contributed by atoms with van der Waals surface area (Å²) in [5.74, 6) is -2.11. The van der Waals surface area contributed by atoms with Crippen molar-refractivity contribution in [1.29, 1.82) is 0 Å². The van der Waals surface area contributed by atoms with Crippen LogP contribution in [0.3, 0.4) is 0 Å². The van der Waals surface area contributed by atoms with E-state index in [0.29, 0.717) is 0 Å². The predicted octanol–water partition coefficient (Wildman–Crippen LogP) is 2.11. The van der Waals surface area contributed by atoms with E-state index in [1.807, 2.05) is 0 Å². The molecule has 1 N–H and O–H groups in total. The van der Waals surface area contributed by atoms with Gasteiger partial charge in [-0.1, -0.05) is 36.4 Å². The normalized spacial score (nSPS) is 25.8. The van der Waals surface area contributed by atoms with Gasteiger partial charge < -0.3 is 24.1 Å². The maximum absolute atomic E-state index is 12.6. The van der Waals surface area contributed by atoms with Crippen molar-refractivity contribution in [3.8, 4) is 0 Å². The Morgan fingerprint density at radius 1 is 0.767 bits per heavy atom. The highest BCUT2D eigenvalue weighted by molar-refractivity contribution is 5.90. The van der Waals surface area contributed by atoms with Crippen molar-refractivity contribution in [1.82, 2.24) is 0 Å². The number of rotatable bonds is 5. The third kappa shape index (κ3) is 5.03. The third-order valence-corrected chi connectivity index (χ3v) is 4.55. The molecule has 1 heterocycles. The first-order chi connectivity index (χ1) is 14.4. The Kier molecular flexibility index (Phi) is 6.81. The van der Waals surface area contributed by atoms with Gasteiger partial charge in [-0.15, -0.1) is 0 Å². The molecule has 2 aromatic rings. The quantitative estimate of drug-likeness (QED) is 0.585. The molecular weight excluding hydrogens is 392 g/mol. The van der Waals surface area contributed by atoms with Crippen molar-refractivity contribution >= 4 is 17.9 Å². The van der Waals surface area contributed by atoms with Crippen LogP contribution in [0.2, 0.25) is 0 Å². The summed E-state index contributed by atoms with van der Waals surface area (Å²) >= 11 is 0. The Bertz CT molecular complexity index is 883. The predicted molar refractivity (Wildman–Crippen MR) is 103 cm³/mol. The largest absolute Gasteiger partial charge is 0.453 e. The average molecular weight is 414 g/mol. The molecule has 1 unspecified atom stereocenters. The standard InChI is InChI=1S/C22H22O8/c1-13-17(29-20(24)15-9-5-3-6-10-15)18(19(22(26)27-13)28-14(2)23)30-21(25)16-11-7-4-8-12-16/h3-13,17-19,22,26H,1-2H3/t13-,17-,18+,19-,22?/m0/s1. The summed E-state index contributed by atoms with van der Waals surface area (Å²) in [5.41, 5.74) is 0.536. The van der Waals surface area contributed by atoms with Crippen LogP contribution in [0.25, 0.3) is 0 Å². The van der Waals surface area contributed by atoms with Gasteiger partial charge in [0.15, 0.2) is 24.6 Å². The van der Waals surface area contributed by atoms with Crippen LogP contribution in [-0.4, -0.2) is 53.7 Å². The average Bonchev–Trinajstić information content (AvgIpc) is 2.74. The third-order valence-electron chi connectivity index (χ3n) is 4.55. The Labute approximate surface area is 173 Å². The topological polar surface area (TPSA) is 108 Å². The fourth-order valence-electron chi connectivity index (χ4n) is 3.14. The van der Waals surface area contributed by atoms with Gasteiger partial charge in [0.1, 0.15) is 0 Å². The van der Waals surface area contributed by atoms with E-state index < -0.39 is 48.6 Å². The van der Waals surface area contributed by atoms with Gasteiger partial charge in [0, 0.05) is 6.92 Å². The summed E-state index contributed by atoms with van der Waals surface area (Å²) in [6.07, 6.45) is -6.19. The van der Waals surface area contributed by atoms with Crippen molar-refractivity contribution < 1.29 is 38.4 Å². The van der Waals surface area contributed by atoms with Crippen LogP contribution >= 0.6 is 0 Å². The van der Waals surface area contributed by atoms with E-state index in [0.717, 1.165) is 6.92 Å². The summed E-state index contributed by atoms with van der Waals surface area (Å²) in [5, 5.41) is 10.3. The van der Waals surface area contributed by atoms with Crippen LogP contribution in [0, 0.1) is 0 Å². The summed E-state index contributed by atoms with van der Waals surface area (Å²) in [6, 6.07) is 16.4. The number of carbonyl (C=O) groups is 3. The number of ether oxygens (including phenoxy) is 4. The van der Waals surface area contributed by atoms with Crippen LogP contribution < -0.4 is 0 Å². The summed E-state index contributed by atoms with van der Waals surface area (Å²) < 4.78 is 21.6. The number of hydrogen-bond donors (Lipinski definition) is 1. The molecular formula is C22H22O8. The molecule has 0 saturated carbocycles. The molecule has 0 amide bonds. The lowest BCUT2D eigenvalue weighted by atomic mass is 9.98. The Morgan fingerprint density at radius 3 is 1.70 bits per heavy atom. The van der Waals surface area contributed by atoms with Gasteiger partial charge >= 0.3 is 17.9 Å². The van der Waals surface area contributed by atoms with E-state index in [4.69, 9.17) is 18.9 Å². The number of aliphatic hydroxyl groups is 1. The van der Waals surface area contributed by atoms with E-state index in [1.54, 1.807) is 67.6 Å². The summed E-state index contributed by atoms with van der Waals surface area (Å²) in [6.45, 7) is 2.70. The first-order valence-corrected chi connectivity index (χ1v) is 9.39. The van der Waals surface area contributed by atoms with E-state index in [2.05, 4.69) is 0 Å². The lowest BCUT2D eigenvalue weighted by Gasteiger charge is -2.42. The van der Waals surface area contributed by atoms with Crippen molar-refractivity contribution in [3.63, 3.8) is 0 Å². The highest BCUT2D eigenvalue weighted by Crippen LogP contribution is 2.28. The molecule has 158 valence electrons. The molecule has 0 aromatic heterocycles. The zero-order valence-corrected chi connectivity index (χ0v) is 16.5. The second kappa shape index (κ2) is 9.51. The van der Waals surface area contributed by atoms with Crippen molar-refractivity contribution in [2.45, 2.75) is 44.6 Å². The van der Waals surface area contributed by atoms with Gasteiger partial charge in [-0.2, -0.15) is 0 Å². The molecule has 1 aliphatic rings. The van der Waals surface area contributed by atoms with Gasteiger partial charge in [-0.05, 0) is 31.2 Å².